The zero-order valence-electron chi connectivity index (χ0n) is 16.6. The van der Waals surface area contributed by atoms with E-state index in [9.17, 15) is 9.59 Å². The smallest absolute Gasteiger partial charge is 0.255 e. The SMILES string of the molecule is Cc1ccc(C(=O)CSc2nc3ccc(NC(=O)c4ccc(C)cc4)cc3s2)cc1. The van der Waals surface area contributed by atoms with Crippen LogP contribution in [0.3, 0.4) is 0 Å². The summed E-state index contributed by atoms with van der Waals surface area (Å²) in [5.74, 6) is 0.294. The maximum atomic E-state index is 12.4. The number of aromatic nitrogens is 1. The molecule has 0 aliphatic rings. The third kappa shape index (κ3) is 4.78. The maximum Gasteiger partial charge on any atom is 0.255 e. The first kappa shape index (κ1) is 20.3. The zero-order valence-corrected chi connectivity index (χ0v) is 18.3. The van der Waals surface area contributed by atoms with Crippen molar-refractivity contribution in [3.63, 3.8) is 0 Å². The minimum Gasteiger partial charge on any atom is -0.322 e. The first-order valence-corrected chi connectivity index (χ1v) is 11.3. The molecular weight excluding hydrogens is 412 g/mol. The highest BCUT2D eigenvalue weighted by Crippen LogP contribution is 2.31. The first-order chi connectivity index (χ1) is 14.5. The van der Waals surface area contributed by atoms with Gasteiger partial charge in [0.2, 0.25) is 0 Å². The van der Waals surface area contributed by atoms with E-state index < -0.39 is 0 Å². The fourth-order valence-electron chi connectivity index (χ4n) is 2.90. The summed E-state index contributed by atoms with van der Waals surface area (Å²) in [6, 6.07) is 20.7. The molecule has 4 rings (SSSR count). The topological polar surface area (TPSA) is 59.1 Å². The number of carbonyl (C=O) groups excluding carboxylic acids is 2. The van der Waals surface area contributed by atoms with Gasteiger partial charge < -0.3 is 5.32 Å². The van der Waals surface area contributed by atoms with Crippen molar-refractivity contribution in [2.75, 3.05) is 11.1 Å². The Kier molecular flexibility index (Phi) is 5.97. The number of thiazole rings is 1. The van der Waals surface area contributed by atoms with E-state index in [0.717, 1.165) is 36.9 Å². The lowest BCUT2D eigenvalue weighted by Crippen LogP contribution is -2.11. The fraction of sp³-hybridized carbons (Fsp3) is 0.125. The number of anilines is 1. The van der Waals surface area contributed by atoms with Gasteiger partial charge in [-0.25, -0.2) is 4.98 Å². The molecule has 1 heterocycles. The summed E-state index contributed by atoms with van der Waals surface area (Å²) in [7, 11) is 0. The van der Waals surface area contributed by atoms with E-state index in [1.54, 1.807) is 0 Å². The molecule has 3 aromatic carbocycles. The molecule has 0 atom stereocenters. The largest absolute Gasteiger partial charge is 0.322 e. The van der Waals surface area contributed by atoms with E-state index in [2.05, 4.69) is 10.3 Å². The lowest BCUT2D eigenvalue weighted by molar-refractivity contribution is 0.101. The molecular formula is C24H20N2O2S2. The van der Waals surface area contributed by atoms with Gasteiger partial charge in [0, 0.05) is 16.8 Å². The van der Waals surface area contributed by atoms with Gasteiger partial charge in [0.1, 0.15) is 0 Å². The number of fused-ring (bicyclic) bond motifs is 1. The molecule has 0 spiro atoms. The monoisotopic (exact) mass is 432 g/mol. The summed E-state index contributed by atoms with van der Waals surface area (Å²) < 4.78 is 1.81. The van der Waals surface area contributed by atoms with Crippen LogP contribution in [0.1, 0.15) is 31.8 Å². The highest BCUT2D eigenvalue weighted by molar-refractivity contribution is 8.01. The molecule has 150 valence electrons. The van der Waals surface area contributed by atoms with E-state index in [1.165, 1.54) is 23.1 Å². The lowest BCUT2D eigenvalue weighted by atomic mass is 10.1. The number of hydrogen-bond donors (Lipinski definition) is 1. The van der Waals surface area contributed by atoms with Gasteiger partial charge >= 0.3 is 0 Å². The van der Waals surface area contributed by atoms with Crippen LogP contribution in [0.15, 0.2) is 71.1 Å². The van der Waals surface area contributed by atoms with Crippen LogP contribution in [0, 0.1) is 13.8 Å². The van der Waals surface area contributed by atoms with Crippen LogP contribution in [0.2, 0.25) is 0 Å². The van der Waals surface area contributed by atoms with Gasteiger partial charge in [-0.1, -0.05) is 59.3 Å². The van der Waals surface area contributed by atoms with Gasteiger partial charge in [-0.2, -0.15) is 0 Å². The highest BCUT2D eigenvalue weighted by Gasteiger charge is 2.11. The van der Waals surface area contributed by atoms with Gasteiger partial charge in [-0.3, -0.25) is 9.59 Å². The van der Waals surface area contributed by atoms with E-state index >= 15 is 0 Å². The number of nitrogens with zero attached hydrogens (tertiary/aromatic N) is 1. The summed E-state index contributed by atoms with van der Waals surface area (Å²) in [6.45, 7) is 3.99. The number of carbonyl (C=O) groups is 2. The maximum absolute atomic E-state index is 12.4. The van der Waals surface area contributed by atoms with Gasteiger partial charge in [0.15, 0.2) is 10.1 Å². The average Bonchev–Trinajstić information content (AvgIpc) is 3.15. The van der Waals surface area contributed by atoms with Crippen LogP contribution in [0.25, 0.3) is 10.2 Å². The number of amides is 1. The minimum absolute atomic E-state index is 0.0882. The Morgan fingerprint density at radius 1 is 0.900 bits per heavy atom. The number of ketones is 1. The molecule has 0 aliphatic carbocycles. The molecule has 4 aromatic rings. The molecule has 6 heteroatoms. The lowest BCUT2D eigenvalue weighted by Gasteiger charge is -2.05. The van der Waals surface area contributed by atoms with Crippen molar-refractivity contribution in [1.82, 2.24) is 4.98 Å². The van der Waals surface area contributed by atoms with Crippen molar-refractivity contribution in [3.8, 4) is 0 Å². The number of Topliss-reactive ketones (excluding diaryl/α,β-unsaturated/α-hetero) is 1. The van der Waals surface area contributed by atoms with Crippen molar-refractivity contribution >= 4 is 50.7 Å². The summed E-state index contributed by atoms with van der Waals surface area (Å²) >= 11 is 2.97. The standard InChI is InChI=1S/C24H20N2O2S2/c1-15-3-7-17(8-4-15)21(27)14-29-24-26-20-12-11-19(13-22(20)30-24)25-23(28)18-9-5-16(2)6-10-18/h3-13H,14H2,1-2H3,(H,25,28). The predicted molar refractivity (Wildman–Crippen MR) is 125 cm³/mol. The molecule has 0 bridgehead atoms. The molecule has 0 saturated carbocycles. The average molecular weight is 433 g/mol. The number of rotatable bonds is 6. The molecule has 1 amide bonds. The molecule has 30 heavy (non-hydrogen) atoms. The van der Waals surface area contributed by atoms with Crippen LogP contribution in [-0.4, -0.2) is 22.4 Å². The van der Waals surface area contributed by atoms with E-state index in [0.29, 0.717) is 11.3 Å². The summed E-state index contributed by atoms with van der Waals surface area (Å²) in [5.41, 5.74) is 5.17. The first-order valence-electron chi connectivity index (χ1n) is 9.49. The normalized spacial score (nSPS) is 10.9. The highest BCUT2D eigenvalue weighted by atomic mass is 32.2. The molecule has 1 aromatic heterocycles. The number of hydrogen-bond acceptors (Lipinski definition) is 5. The summed E-state index contributed by atoms with van der Waals surface area (Å²) in [5, 5.41) is 2.93. The fourth-order valence-corrected chi connectivity index (χ4v) is 4.90. The molecule has 0 radical (unpaired) electrons. The van der Waals surface area contributed by atoms with Gasteiger partial charge in [-0.05, 0) is 44.2 Å². The van der Waals surface area contributed by atoms with E-state index in [1.807, 2.05) is 80.6 Å². The van der Waals surface area contributed by atoms with Crippen LogP contribution < -0.4 is 5.32 Å². The van der Waals surface area contributed by atoms with E-state index in [4.69, 9.17) is 0 Å². The van der Waals surface area contributed by atoms with Crippen molar-refractivity contribution in [1.29, 1.82) is 0 Å². The minimum atomic E-state index is -0.142. The van der Waals surface area contributed by atoms with Crippen molar-refractivity contribution in [2.45, 2.75) is 18.2 Å². The van der Waals surface area contributed by atoms with Crippen LogP contribution in [-0.2, 0) is 0 Å². The Balaban J connectivity index is 1.43. The number of nitrogens with one attached hydrogen (secondary N) is 1. The molecule has 4 nitrogen and oxygen atoms in total. The molecule has 0 unspecified atom stereocenters. The van der Waals surface area contributed by atoms with E-state index in [-0.39, 0.29) is 11.7 Å². The Labute approximate surface area is 183 Å². The zero-order chi connectivity index (χ0) is 21.1. The number of aryl methyl sites for hydroxylation is 2. The van der Waals surface area contributed by atoms with Crippen LogP contribution in [0.4, 0.5) is 5.69 Å². The van der Waals surface area contributed by atoms with Crippen LogP contribution >= 0.6 is 23.1 Å². The van der Waals surface area contributed by atoms with Crippen molar-refractivity contribution < 1.29 is 9.59 Å². The second kappa shape index (κ2) is 8.81. The molecule has 0 fully saturated rings. The van der Waals surface area contributed by atoms with Gasteiger partial charge in [0.05, 0.1) is 16.0 Å². The quantitative estimate of drug-likeness (QED) is 0.294. The molecule has 0 saturated heterocycles. The third-order valence-electron chi connectivity index (χ3n) is 4.64. The Morgan fingerprint density at radius 2 is 1.53 bits per heavy atom. The van der Waals surface area contributed by atoms with Gasteiger partial charge in [-0.15, -0.1) is 11.3 Å². The Hall–Kier alpha value is -2.96. The molecule has 1 N–H and O–H groups in total. The molecule has 0 aliphatic heterocycles. The van der Waals surface area contributed by atoms with Crippen molar-refractivity contribution in [3.05, 3.63) is 89.0 Å². The Bertz CT molecular complexity index is 1210. The second-order valence-corrected chi connectivity index (χ2v) is 9.31. The number of benzene rings is 3. The van der Waals surface area contributed by atoms with Crippen molar-refractivity contribution in [2.24, 2.45) is 0 Å². The van der Waals surface area contributed by atoms with Crippen LogP contribution in [0.5, 0.6) is 0 Å². The third-order valence-corrected chi connectivity index (χ3v) is 6.80. The predicted octanol–water partition coefficient (Wildman–Crippen LogP) is 6.14. The number of thioether (sulfide) groups is 1. The summed E-state index contributed by atoms with van der Waals surface area (Å²) in [4.78, 5) is 29.4. The second-order valence-electron chi connectivity index (χ2n) is 7.06. The van der Waals surface area contributed by atoms with Gasteiger partial charge in [0.25, 0.3) is 5.91 Å². The Morgan fingerprint density at radius 3 is 2.20 bits per heavy atom. The summed E-state index contributed by atoms with van der Waals surface area (Å²) in [6.07, 6.45) is 0.